The summed E-state index contributed by atoms with van der Waals surface area (Å²) in [5, 5.41) is 7.45. The molecule has 0 bridgehead atoms. The number of nitrogens with one attached hydrogen (secondary N) is 1. The van der Waals surface area contributed by atoms with Crippen molar-refractivity contribution in [2.24, 2.45) is 0 Å². The van der Waals surface area contributed by atoms with Crippen LogP contribution in [0, 0.1) is 0 Å². The van der Waals surface area contributed by atoms with Crippen LogP contribution in [0.4, 0.5) is 0 Å². The molecule has 0 saturated carbocycles. The molecular weight excluding hydrogens is 532 g/mol. The summed E-state index contributed by atoms with van der Waals surface area (Å²) in [6.45, 7) is 7.81. The van der Waals surface area contributed by atoms with Gasteiger partial charge in [-0.2, -0.15) is 0 Å². The van der Waals surface area contributed by atoms with E-state index in [4.69, 9.17) is 18.1 Å². The lowest BCUT2D eigenvalue weighted by Crippen LogP contribution is -2.29. The SMILES string of the molecule is CCOP(=O)(OCC)[C@@H](N[C@@H](c1ccc2ccccc2c1)P(=O)(OCC)OCC)c1ccc2ccccc2c1. The molecule has 0 aliphatic rings. The van der Waals surface area contributed by atoms with Gasteiger partial charge in [0.15, 0.2) is 0 Å². The summed E-state index contributed by atoms with van der Waals surface area (Å²) in [6, 6.07) is 27.5. The average molecular weight is 570 g/mol. The Kier molecular flexibility index (Phi) is 10.1. The summed E-state index contributed by atoms with van der Waals surface area (Å²) in [6.07, 6.45) is 0. The first-order valence-electron chi connectivity index (χ1n) is 13.4. The topological polar surface area (TPSA) is 83.1 Å². The van der Waals surface area contributed by atoms with Crippen LogP contribution in [0.5, 0.6) is 0 Å². The fourth-order valence-corrected chi connectivity index (χ4v) is 8.76. The molecular formula is C30H37NO6P2. The van der Waals surface area contributed by atoms with Crippen molar-refractivity contribution < 1.29 is 27.2 Å². The monoisotopic (exact) mass is 569 g/mol. The van der Waals surface area contributed by atoms with Gasteiger partial charge in [-0.3, -0.25) is 14.4 Å². The molecule has 0 unspecified atom stereocenters. The Hall–Kier alpha value is -2.34. The average Bonchev–Trinajstić information content (AvgIpc) is 2.93. The van der Waals surface area contributed by atoms with Crippen molar-refractivity contribution in [1.82, 2.24) is 5.32 Å². The molecule has 4 aromatic rings. The highest BCUT2D eigenvalue weighted by molar-refractivity contribution is 7.55. The summed E-state index contributed by atoms with van der Waals surface area (Å²) in [5.41, 5.74) is 1.37. The summed E-state index contributed by atoms with van der Waals surface area (Å²) in [4.78, 5) is 0. The van der Waals surface area contributed by atoms with Crippen molar-refractivity contribution in [2.75, 3.05) is 26.4 Å². The molecule has 0 amide bonds. The number of hydrogen-bond acceptors (Lipinski definition) is 7. The predicted molar refractivity (Wildman–Crippen MR) is 158 cm³/mol. The minimum atomic E-state index is -3.80. The molecule has 0 spiro atoms. The van der Waals surface area contributed by atoms with Gasteiger partial charge in [0.25, 0.3) is 0 Å². The van der Waals surface area contributed by atoms with Crippen LogP contribution < -0.4 is 5.32 Å². The molecule has 0 aliphatic heterocycles. The lowest BCUT2D eigenvalue weighted by atomic mass is 10.1. The zero-order valence-electron chi connectivity index (χ0n) is 22.9. The van der Waals surface area contributed by atoms with Gasteiger partial charge in [-0.15, -0.1) is 0 Å². The van der Waals surface area contributed by atoms with E-state index in [2.05, 4.69) is 5.32 Å². The molecule has 0 saturated heterocycles. The second kappa shape index (κ2) is 13.3. The molecule has 0 radical (unpaired) electrons. The first-order chi connectivity index (χ1) is 18.9. The van der Waals surface area contributed by atoms with E-state index in [1.165, 1.54) is 0 Å². The number of benzene rings is 4. The van der Waals surface area contributed by atoms with Crippen LogP contribution in [0.25, 0.3) is 21.5 Å². The highest BCUT2D eigenvalue weighted by atomic mass is 31.2. The fraction of sp³-hybridized carbons (Fsp3) is 0.333. The first kappa shape index (κ1) is 29.6. The molecule has 2 atom stereocenters. The maximum Gasteiger partial charge on any atom is 0.351 e. The fourth-order valence-electron chi connectivity index (χ4n) is 4.74. The van der Waals surface area contributed by atoms with Crippen LogP contribution in [0.3, 0.4) is 0 Å². The molecule has 39 heavy (non-hydrogen) atoms. The van der Waals surface area contributed by atoms with E-state index < -0.39 is 26.8 Å². The largest absolute Gasteiger partial charge is 0.351 e. The zero-order chi connectivity index (χ0) is 27.9. The van der Waals surface area contributed by atoms with Gasteiger partial charge < -0.3 is 18.1 Å². The first-order valence-corrected chi connectivity index (χ1v) is 16.6. The van der Waals surface area contributed by atoms with E-state index in [-0.39, 0.29) is 26.4 Å². The van der Waals surface area contributed by atoms with E-state index in [0.717, 1.165) is 21.5 Å². The van der Waals surface area contributed by atoms with Gasteiger partial charge in [0.2, 0.25) is 0 Å². The standard InChI is InChI=1S/C30H37NO6P2/c1-5-34-38(32,35-6-2)29(27-19-17-23-13-9-11-15-25(23)21-27)31-30(39(33,36-7-3)37-8-4)28-20-18-24-14-10-12-16-26(24)22-28/h9-22,29-31H,5-8H2,1-4H3/t29-,30-/m1/s1. The Morgan fingerprint density at radius 3 is 1.21 bits per heavy atom. The second-order valence-electron chi connectivity index (χ2n) is 8.94. The van der Waals surface area contributed by atoms with E-state index in [0.29, 0.717) is 11.1 Å². The minimum absolute atomic E-state index is 0.179. The highest BCUT2D eigenvalue weighted by Gasteiger charge is 2.45. The summed E-state index contributed by atoms with van der Waals surface area (Å²) >= 11 is 0. The molecule has 4 aromatic carbocycles. The maximum absolute atomic E-state index is 14.4. The van der Waals surface area contributed by atoms with E-state index in [9.17, 15) is 9.13 Å². The van der Waals surface area contributed by atoms with Gasteiger partial charge in [-0.25, -0.2) is 0 Å². The van der Waals surface area contributed by atoms with Crippen molar-refractivity contribution in [3.63, 3.8) is 0 Å². The Morgan fingerprint density at radius 2 is 0.872 bits per heavy atom. The van der Waals surface area contributed by atoms with Gasteiger partial charge >= 0.3 is 15.2 Å². The molecule has 0 aromatic heterocycles. The quantitative estimate of drug-likeness (QED) is 0.152. The Bertz CT molecular complexity index is 1360. The predicted octanol–water partition coefficient (Wildman–Crippen LogP) is 8.81. The molecule has 1 N–H and O–H groups in total. The smallest absolute Gasteiger partial charge is 0.308 e. The second-order valence-corrected chi connectivity index (χ2v) is 13.2. The Balaban J connectivity index is 1.91. The summed E-state index contributed by atoms with van der Waals surface area (Å²) in [7, 11) is -7.61. The lowest BCUT2D eigenvalue weighted by molar-refractivity contribution is 0.196. The third-order valence-corrected chi connectivity index (χ3v) is 11.0. The van der Waals surface area contributed by atoms with Crippen molar-refractivity contribution in [3.05, 3.63) is 96.1 Å². The third kappa shape index (κ3) is 6.70. The van der Waals surface area contributed by atoms with Crippen LogP contribution in [-0.2, 0) is 27.2 Å². The summed E-state index contributed by atoms with van der Waals surface area (Å²) in [5.74, 6) is -1.90. The van der Waals surface area contributed by atoms with Crippen LogP contribution in [-0.4, -0.2) is 26.4 Å². The van der Waals surface area contributed by atoms with Gasteiger partial charge in [0.05, 0.1) is 26.4 Å². The molecule has 208 valence electrons. The number of hydrogen-bond donors (Lipinski definition) is 1. The van der Waals surface area contributed by atoms with Crippen LogP contribution in [0.1, 0.15) is 50.4 Å². The van der Waals surface area contributed by atoms with Gasteiger partial charge in [0, 0.05) is 0 Å². The van der Waals surface area contributed by atoms with Gasteiger partial charge in [0.1, 0.15) is 11.6 Å². The van der Waals surface area contributed by atoms with Crippen molar-refractivity contribution >= 4 is 36.7 Å². The normalized spacial score (nSPS) is 14.1. The molecule has 9 heteroatoms. The third-order valence-electron chi connectivity index (χ3n) is 6.36. The zero-order valence-corrected chi connectivity index (χ0v) is 24.7. The van der Waals surface area contributed by atoms with E-state index in [1.54, 1.807) is 27.7 Å². The van der Waals surface area contributed by atoms with Crippen LogP contribution in [0.15, 0.2) is 84.9 Å². The Labute approximate surface area is 230 Å². The number of rotatable bonds is 14. The van der Waals surface area contributed by atoms with Gasteiger partial charge in [-0.1, -0.05) is 72.8 Å². The van der Waals surface area contributed by atoms with E-state index in [1.807, 2.05) is 84.9 Å². The molecule has 0 aliphatic carbocycles. The van der Waals surface area contributed by atoms with Crippen molar-refractivity contribution in [1.29, 1.82) is 0 Å². The molecule has 0 heterocycles. The maximum atomic E-state index is 14.4. The Morgan fingerprint density at radius 1 is 0.538 bits per heavy atom. The minimum Gasteiger partial charge on any atom is -0.308 e. The lowest BCUT2D eigenvalue weighted by Gasteiger charge is -2.34. The molecule has 7 nitrogen and oxygen atoms in total. The molecule has 4 rings (SSSR count). The summed E-state index contributed by atoms with van der Waals surface area (Å²) < 4.78 is 52.1. The van der Waals surface area contributed by atoms with Crippen molar-refractivity contribution in [2.45, 2.75) is 39.3 Å². The highest BCUT2D eigenvalue weighted by Crippen LogP contribution is 2.65. The van der Waals surface area contributed by atoms with Gasteiger partial charge in [-0.05, 0) is 72.5 Å². The van der Waals surface area contributed by atoms with Crippen molar-refractivity contribution in [3.8, 4) is 0 Å². The number of fused-ring (bicyclic) bond motifs is 2. The van der Waals surface area contributed by atoms with Crippen LogP contribution in [0.2, 0.25) is 0 Å². The van der Waals surface area contributed by atoms with Crippen LogP contribution >= 0.6 is 15.2 Å². The van der Waals surface area contributed by atoms with E-state index >= 15 is 0 Å². The molecule has 0 fully saturated rings.